The van der Waals surface area contributed by atoms with Crippen molar-refractivity contribution in [3.8, 4) is 0 Å². The molecule has 0 saturated carbocycles. The Morgan fingerprint density at radius 3 is 2.55 bits per heavy atom. The molecule has 0 heterocycles. The molecule has 1 N–H and O–H groups in total. The predicted octanol–water partition coefficient (Wildman–Crippen LogP) is 0.264. The minimum absolute atomic E-state index is 0.314. The first-order valence-corrected chi connectivity index (χ1v) is 3.79. The van der Waals surface area contributed by atoms with Gasteiger partial charge in [0, 0.05) is 6.42 Å². The molecule has 0 rings (SSSR count). The molecule has 0 aliphatic heterocycles. The lowest BCUT2D eigenvalue weighted by atomic mass is 10.1. The van der Waals surface area contributed by atoms with E-state index in [2.05, 4.69) is 20.6 Å². The van der Waals surface area contributed by atoms with Gasteiger partial charge in [-0.3, -0.25) is 0 Å². The van der Waals surface area contributed by atoms with Crippen molar-refractivity contribution in [3.63, 3.8) is 0 Å². The average molecular weight is 158 g/mol. The largest absolute Gasteiger partial charge is 0.411 e. The highest BCUT2D eigenvalue weighted by molar-refractivity contribution is 5.69. The number of aliphatic hydroxyl groups is 1. The summed E-state index contributed by atoms with van der Waals surface area (Å²) < 4.78 is 1.31. The summed E-state index contributed by atoms with van der Waals surface area (Å²) in [6, 6.07) is 0. The highest BCUT2D eigenvalue weighted by atomic mass is 16.3. The summed E-state index contributed by atoms with van der Waals surface area (Å²) in [4.78, 5) is 10.7. The quantitative estimate of drug-likeness (QED) is 0.471. The fourth-order valence-corrected chi connectivity index (χ4v) is 0.639. The molecular formula is C8H16NO2+. The number of amides is 1. The van der Waals surface area contributed by atoms with Crippen LogP contribution in [0, 0.1) is 5.92 Å². The number of carbonyl (C=O) groups excluding carboxylic acids is 1. The van der Waals surface area contributed by atoms with E-state index in [0.29, 0.717) is 12.5 Å². The van der Waals surface area contributed by atoms with Crippen LogP contribution in [0.25, 0.3) is 0 Å². The van der Waals surface area contributed by atoms with E-state index in [1.54, 1.807) is 0 Å². The Morgan fingerprint density at radius 2 is 2.18 bits per heavy atom. The Morgan fingerprint density at radius 1 is 1.64 bits per heavy atom. The highest BCUT2D eigenvalue weighted by Gasteiger charge is 2.12. The van der Waals surface area contributed by atoms with Crippen LogP contribution in [0.4, 0.5) is 0 Å². The number of aliphatic hydroxyl groups excluding tert-OH is 1. The van der Waals surface area contributed by atoms with Gasteiger partial charge in [-0.2, -0.15) is 4.58 Å². The lowest BCUT2D eigenvalue weighted by Gasteiger charge is -2.00. The van der Waals surface area contributed by atoms with Crippen LogP contribution in [-0.2, 0) is 4.79 Å². The van der Waals surface area contributed by atoms with Crippen LogP contribution < -0.4 is 0 Å². The lowest BCUT2D eigenvalue weighted by Crippen LogP contribution is -2.24. The molecule has 0 aliphatic carbocycles. The van der Waals surface area contributed by atoms with Gasteiger partial charge in [0.2, 0.25) is 0 Å². The average Bonchev–Trinajstić information content (AvgIpc) is 1.98. The van der Waals surface area contributed by atoms with Crippen molar-refractivity contribution in [3.05, 3.63) is 0 Å². The lowest BCUT2D eigenvalue weighted by molar-refractivity contribution is -0.444. The maximum atomic E-state index is 10.7. The fraction of sp³-hybridized carbons (Fsp3) is 0.750. The molecule has 0 aromatic heterocycles. The minimum atomic E-state index is -0.443. The number of rotatable bonds is 4. The maximum absolute atomic E-state index is 10.7. The summed E-state index contributed by atoms with van der Waals surface area (Å²) in [6.45, 7) is 7.84. The molecular weight excluding hydrogens is 142 g/mol. The summed E-state index contributed by atoms with van der Waals surface area (Å²) in [6.07, 6.45) is 0.926. The van der Waals surface area contributed by atoms with Crippen LogP contribution in [0.3, 0.4) is 0 Å². The van der Waals surface area contributed by atoms with E-state index in [1.165, 1.54) is 4.58 Å². The van der Waals surface area contributed by atoms with Gasteiger partial charge in [-0.05, 0) is 5.92 Å². The molecule has 0 aromatic carbocycles. The van der Waals surface area contributed by atoms with Crippen molar-refractivity contribution in [1.82, 2.24) is 0 Å². The van der Waals surface area contributed by atoms with Gasteiger partial charge < -0.3 is 5.11 Å². The molecule has 0 bridgehead atoms. The maximum Gasteiger partial charge on any atom is 0.411 e. The van der Waals surface area contributed by atoms with Gasteiger partial charge in [-0.15, -0.1) is 0 Å². The van der Waals surface area contributed by atoms with Crippen LogP contribution in [0.15, 0.2) is 0 Å². The molecule has 1 amide bonds. The zero-order valence-electron chi connectivity index (χ0n) is 7.21. The molecule has 0 fully saturated rings. The Balaban J connectivity index is 3.61. The smallest absolute Gasteiger partial charge is 0.382 e. The van der Waals surface area contributed by atoms with Crippen molar-refractivity contribution in [2.45, 2.75) is 20.3 Å². The van der Waals surface area contributed by atoms with Crippen molar-refractivity contribution in [2.24, 2.45) is 5.92 Å². The van der Waals surface area contributed by atoms with E-state index in [-0.39, 0.29) is 5.91 Å². The summed E-state index contributed by atoms with van der Waals surface area (Å²) >= 11 is 0. The molecule has 0 unspecified atom stereocenters. The Labute approximate surface area is 67.4 Å². The van der Waals surface area contributed by atoms with Crippen LogP contribution in [0.5, 0.6) is 0 Å². The summed E-state index contributed by atoms with van der Waals surface area (Å²) in [5.74, 6) is 0.247. The normalized spacial score (nSPS) is 10.2. The Hall–Kier alpha value is -0.700. The summed E-state index contributed by atoms with van der Waals surface area (Å²) in [5, 5.41) is 8.44. The number of carbonyl (C=O) groups is 1. The molecule has 0 spiro atoms. The zero-order chi connectivity index (χ0) is 8.85. The van der Waals surface area contributed by atoms with Gasteiger partial charge in [0.1, 0.15) is 6.72 Å². The molecule has 3 heteroatoms. The molecule has 0 aromatic rings. The molecule has 0 saturated heterocycles. The standard InChI is InChI=1S/C8H16NO2/c1-7(2)4-5-9(3)8(11)6-10/h7,10H,3-6H2,1-2H3/q+1. The van der Waals surface area contributed by atoms with Crippen molar-refractivity contribution < 1.29 is 14.5 Å². The highest BCUT2D eigenvalue weighted by Crippen LogP contribution is 1.98. The summed E-state index contributed by atoms with van der Waals surface area (Å²) in [5.41, 5.74) is 0. The second kappa shape index (κ2) is 5.02. The molecule has 3 nitrogen and oxygen atoms in total. The van der Waals surface area contributed by atoms with Crippen LogP contribution in [0.2, 0.25) is 0 Å². The van der Waals surface area contributed by atoms with Crippen molar-refractivity contribution in [2.75, 3.05) is 13.2 Å². The van der Waals surface area contributed by atoms with E-state index in [4.69, 9.17) is 5.11 Å². The number of hydrogen-bond donors (Lipinski definition) is 1. The molecule has 64 valence electrons. The minimum Gasteiger partial charge on any atom is -0.382 e. The summed E-state index contributed by atoms with van der Waals surface area (Å²) in [7, 11) is 0. The third kappa shape index (κ3) is 4.67. The SMILES string of the molecule is C=[N+](CCC(C)C)C(=O)CO. The third-order valence-electron chi connectivity index (χ3n) is 1.46. The van der Waals surface area contributed by atoms with Crippen molar-refractivity contribution >= 4 is 12.6 Å². The second-order valence-electron chi connectivity index (χ2n) is 3.00. The van der Waals surface area contributed by atoms with Crippen LogP contribution in [0.1, 0.15) is 20.3 Å². The Bertz CT molecular complexity index is 152. The second-order valence-corrected chi connectivity index (χ2v) is 3.00. The Kier molecular flexibility index (Phi) is 4.70. The number of nitrogens with zero attached hydrogens (tertiary/aromatic N) is 1. The van der Waals surface area contributed by atoms with Gasteiger partial charge in [-0.25, -0.2) is 4.79 Å². The van der Waals surface area contributed by atoms with Crippen molar-refractivity contribution in [1.29, 1.82) is 0 Å². The predicted molar refractivity (Wildman–Crippen MR) is 43.8 cm³/mol. The molecule has 0 aliphatic rings. The van der Waals surface area contributed by atoms with E-state index < -0.39 is 6.61 Å². The van der Waals surface area contributed by atoms with Crippen LogP contribution >= 0.6 is 0 Å². The van der Waals surface area contributed by atoms with E-state index in [1.807, 2.05) is 0 Å². The molecule has 0 atom stereocenters. The van der Waals surface area contributed by atoms with Gasteiger partial charge in [0.15, 0.2) is 13.2 Å². The first-order chi connectivity index (χ1) is 5.07. The first kappa shape index (κ1) is 10.3. The van der Waals surface area contributed by atoms with Gasteiger partial charge >= 0.3 is 5.91 Å². The third-order valence-corrected chi connectivity index (χ3v) is 1.46. The number of hydrogen-bond acceptors (Lipinski definition) is 2. The van der Waals surface area contributed by atoms with Crippen LogP contribution in [-0.4, -0.2) is 35.5 Å². The monoisotopic (exact) mass is 158 g/mol. The van der Waals surface area contributed by atoms with Gasteiger partial charge in [-0.1, -0.05) is 13.8 Å². The zero-order valence-corrected chi connectivity index (χ0v) is 7.21. The molecule has 11 heavy (non-hydrogen) atoms. The first-order valence-electron chi connectivity index (χ1n) is 3.79. The van der Waals surface area contributed by atoms with E-state index in [0.717, 1.165) is 6.42 Å². The van der Waals surface area contributed by atoms with E-state index >= 15 is 0 Å². The molecule has 0 radical (unpaired) electrons. The van der Waals surface area contributed by atoms with Gasteiger partial charge in [0.05, 0.1) is 0 Å². The van der Waals surface area contributed by atoms with E-state index in [9.17, 15) is 4.79 Å². The van der Waals surface area contributed by atoms with Gasteiger partial charge in [0.25, 0.3) is 0 Å². The fourth-order valence-electron chi connectivity index (χ4n) is 0.639. The topological polar surface area (TPSA) is 40.3 Å².